The van der Waals surface area contributed by atoms with Crippen LogP contribution in [0.25, 0.3) is 11.1 Å². The summed E-state index contributed by atoms with van der Waals surface area (Å²) in [7, 11) is 0. The largest absolute Gasteiger partial charge is 0.478 e. The summed E-state index contributed by atoms with van der Waals surface area (Å²) in [6, 6.07) is 14.8. The minimum atomic E-state index is -0.951. The van der Waals surface area contributed by atoms with Crippen LogP contribution in [-0.2, 0) is 6.42 Å². The Labute approximate surface area is 144 Å². The molecule has 2 nitrogen and oxygen atoms in total. The fourth-order valence-electron chi connectivity index (χ4n) is 2.91. The van der Waals surface area contributed by atoms with Crippen molar-refractivity contribution in [2.24, 2.45) is 0 Å². The monoisotopic (exact) mass is 340 g/mol. The van der Waals surface area contributed by atoms with Crippen LogP contribution < -0.4 is 0 Å². The Kier molecular flexibility index (Phi) is 4.49. The number of hydrogen-bond donors (Lipinski definition) is 1. The molecule has 0 atom stereocenters. The highest BCUT2D eigenvalue weighted by molar-refractivity contribution is 7.12. The molecule has 0 aliphatic carbocycles. The number of aromatic carboxylic acids is 1. The van der Waals surface area contributed by atoms with Gasteiger partial charge in [-0.05, 0) is 42.2 Å². The second-order valence-electron chi connectivity index (χ2n) is 5.72. The smallest absolute Gasteiger partial charge is 0.337 e. The molecule has 0 radical (unpaired) electrons. The van der Waals surface area contributed by atoms with Gasteiger partial charge >= 0.3 is 5.97 Å². The lowest BCUT2D eigenvalue weighted by Gasteiger charge is -2.08. The molecule has 1 N–H and O–H groups in total. The molecule has 3 aromatic rings. The molecule has 0 amide bonds. The van der Waals surface area contributed by atoms with Gasteiger partial charge in [-0.25, -0.2) is 9.18 Å². The molecule has 2 aromatic carbocycles. The molecule has 0 bridgehead atoms. The Morgan fingerprint density at radius 1 is 1.04 bits per heavy atom. The van der Waals surface area contributed by atoms with E-state index in [4.69, 9.17) is 0 Å². The molecule has 0 spiro atoms. The zero-order chi connectivity index (χ0) is 17.3. The number of carbonyl (C=O) groups is 1. The van der Waals surface area contributed by atoms with Gasteiger partial charge in [0.05, 0.1) is 5.56 Å². The molecule has 122 valence electrons. The van der Waals surface area contributed by atoms with Gasteiger partial charge < -0.3 is 5.11 Å². The van der Waals surface area contributed by atoms with Gasteiger partial charge in [-0.3, -0.25) is 0 Å². The van der Waals surface area contributed by atoms with Gasteiger partial charge in [0.1, 0.15) is 5.82 Å². The second kappa shape index (κ2) is 6.57. The third kappa shape index (κ3) is 3.10. The van der Waals surface area contributed by atoms with Crippen molar-refractivity contribution in [3.63, 3.8) is 0 Å². The molecule has 0 saturated carbocycles. The van der Waals surface area contributed by atoms with Crippen LogP contribution in [0.15, 0.2) is 48.5 Å². The fraction of sp³-hybridized carbons (Fsp3) is 0.150. The quantitative estimate of drug-likeness (QED) is 0.685. The van der Waals surface area contributed by atoms with Gasteiger partial charge in [-0.15, -0.1) is 11.3 Å². The summed E-state index contributed by atoms with van der Waals surface area (Å²) in [5, 5.41) is 9.41. The minimum absolute atomic E-state index is 0.290. The lowest BCUT2D eigenvalue weighted by molar-refractivity contribution is 0.0695. The van der Waals surface area contributed by atoms with Gasteiger partial charge in [-0.2, -0.15) is 0 Å². The molecular formula is C20H17FO2S. The van der Waals surface area contributed by atoms with E-state index in [2.05, 4.69) is 0 Å². The second-order valence-corrected chi connectivity index (χ2v) is 7.15. The minimum Gasteiger partial charge on any atom is -0.478 e. The van der Waals surface area contributed by atoms with Gasteiger partial charge in [0.25, 0.3) is 0 Å². The molecule has 0 aliphatic rings. The maximum absolute atomic E-state index is 14.5. The fourth-order valence-corrected chi connectivity index (χ4v) is 3.98. The molecule has 24 heavy (non-hydrogen) atoms. The van der Waals surface area contributed by atoms with Crippen LogP contribution in [0.4, 0.5) is 4.39 Å². The highest BCUT2D eigenvalue weighted by Crippen LogP contribution is 2.31. The standard InChI is InChI=1S/C20H17FO2S/c1-12-17(19(20(22)23)13(2)24-12)10-16-9-8-15(11-18(16)21)14-6-4-3-5-7-14/h3-9,11H,10H2,1-2H3,(H,22,23). The zero-order valence-electron chi connectivity index (χ0n) is 13.5. The van der Waals surface area contributed by atoms with Crippen LogP contribution in [0.5, 0.6) is 0 Å². The van der Waals surface area contributed by atoms with Crippen molar-refractivity contribution in [3.05, 3.63) is 80.8 Å². The average molecular weight is 340 g/mol. The van der Waals surface area contributed by atoms with Crippen molar-refractivity contribution in [1.29, 1.82) is 0 Å². The summed E-state index contributed by atoms with van der Waals surface area (Å²) in [4.78, 5) is 13.2. The van der Waals surface area contributed by atoms with Crippen molar-refractivity contribution in [2.45, 2.75) is 20.3 Å². The van der Waals surface area contributed by atoms with Crippen LogP contribution in [0.1, 0.15) is 31.2 Å². The third-order valence-corrected chi connectivity index (χ3v) is 5.19. The summed E-state index contributed by atoms with van der Waals surface area (Å²) in [5.41, 5.74) is 3.30. The molecule has 0 unspecified atom stereocenters. The van der Waals surface area contributed by atoms with Crippen molar-refractivity contribution >= 4 is 17.3 Å². The van der Waals surface area contributed by atoms with E-state index in [1.54, 1.807) is 13.0 Å². The first-order valence-corrected chi connectivity index (χ1v) is 8.45. The SMILES string of the molecule is Cc1sc(C)c(C(=O)O)c1Cc1ccc(-c2ccccc2)cc1F. The number of thiophene rings is 1. The number of carboxylic acid groups (broad SMARTS) is 1. The summed E-state index contributed by atoms with van der Waals surface area (Å²) >= 11 is 1.45. The molecule has 1 aromatic heterocycles. The van der Waals surface area contributed by atoms with Crippen LogP contribution in [0.2, 0.25) is 0 Å². The average Bonchev–Trinajstić information content (AvgIpc) is 2.84. The summed E-state index contributed by atoms with van der Waals surface area (Å²) in [5.74, 6) is -1.26. The number of carboxylic acids is 1. The van der Waals surface area contributed by atoms with Gasteiger partial charge in [0.2, 0.25) is 0 Å². The van der Waals surface area contributed by atoms with Crippen LogP contribution in [0, 0.1) is 19.7 Å². The number of aryl methyl sites for hydroxylation is 2. The number of benzene rings is 2. The Balaban J connectivity index is 1.97. The number of rotatable bonds is 4. The van der Waals surface area contributed by atoms with E-state index in [0.717, 1.165) is 20.9 Å². The molecule has 3 rings (SSSR count). The Bertz CT molecular complexity index is 898. The highest BCUT2D eigenvalue weighted by atomic mass is 32.1. The van der Waals surface area contributed by atoms with E-state index in [1.165, 1.54) is 17.4 Å². The Morgan fingerprint density at radius 3 is 2.38 bits per heavy atom. The first kappa shape index (κ1) is 16.4. The van der Waals surface area contributed by atoms with Crippen molar-refractivity contribution in [2.75, 3.05) is 0 Å². The zero-order valence-corrected chi connectivity index (χ0v) is 14.3. The molecular weight excluding hydrogens is 323 g/mol. The molecule has 0 saturated heterocycles. The predicted octanol–water partition coefficient (Wildman–Crippen LogP) is 5.46. The molecule has 4 heteroatoms. The Morgan fingerprint density at radius 2 is 1.75 bits per heavy atom. The van der Waals surface area contributed by atoms with Crippen LogP contribution >= 0.6 is 11.3 Å². The number of halogens is 1. The lowest BCUT2D eigenvalue weighted by atomic mass is 9.97. The topological polar surface area (TPSA) is 37.3 Å². The normalized spacial score (nSPS) is 10.8. The highest BCUT2D eigenvalue weighted by Gasteiger charge is 2.20. The maximum Gasteiger partial charge on any atom is 0.337 e. The van der Waals surface area contributed by atoms with Crippen LogP contribution in [0.3, 0.4) is 0 Å². The van der Waals surface area contributed by atoms with Crippen molar-refractivity contribution in [3.8, 4) is 11.1 Å². The summed E-state index contributed by atoms with van der Waals surface area (Å²) in [6.07, 6.45) is 0.290. The first-order chi connectivity index (χ1) is 11.5. The number of hydrogen-bond acceptors (Lipinski definition) is 2. The molecule has 0 aliphatic heterocycles. The predicted molar refractivity (Wildman–Crippen MR) is 95.4 cm³/mol. The Hall–Kier alpha value is -2.46. The lowest BCUT2D eigenvalue weighted by Crippen LogP contribution is -2.03. The maximum atomic E-state index is 14.5. The van der Waals surface area contributed by atoms with Gasteiger partial charge in [-0.1, -0.05) is 42.5 Å². The van der Waals surface area contributed by atoms with Crippen molar-refractivity contribution in [1.82, 2.24) is 0 Å². The van der Waals surface area contributed by atoms with Gasteiger partial charge in [0, 0.05) is 16.2 Å². The van der Waals surface area contributed by atoms with Crippen LogP contribution in [-0.4, -0.2) is 11.1 Å². The van der Waals surface area contributed by atoms with Gasteiger partial charge in [0.15, 0.2) is 0 Å². The third-order valence-electron chi connectivity index (χ3n) is 4.13. The van der Waals surface area contributed by atoms with E-state index in [-0.39, 0.29) is 5.82 Å². The van der Waals surface area contributed by atoms with E-state index in [0.29, 0.717) is 23.1 Å². The summed E-state index contributed by atoms with van der Waals surface area (Å²) in [6.45, 7) is 3.68. The first-order valence-electron chi connectivity index (χ1n) is 7.63. The van der Waals surface area contributed by atoms with E-state index in [9.17, 15) is 14.3 Å². The van der Waals surface area contributed by atoms with E-state index >= 15 is 0 Å². The van der Waals surface area contributed by atoms with E-state index in [1.807, 2.05) is 43.3 Å². The summed E-state index contributed by atoms with van der Waals surface area (Å²) < 4.78 is 14.5. The van der Waals surface area contributed by atoms with Crippen molar-refractivity contribution < 1.29 is 14.3 Å². The molecule has 1 heterocycles. The van der Waals surface area contributed by atoms with E-state index < -0.39 is 5.97 Å². The molecule has 0 fully saturated rings.